The van der Waals surface area contributed by atoms with Crippen LogP contribution >= 0.6 is 24.0 Å². The van der Waals surface area contributed by atoms with Crippen molar-refractivity contribution < 1.29 is 43.1 Å². The Balaban J connectivity index is 0.000000200. The summed E-state index contributed by atoms with van der Waals surface area (Å²) in [7, 11) is 1.52. The van der Waals surface area contributed by atoms with Gasteiger partial charge in [0.25, 0.3) is 5.91 Å². The molecule has 8 rings (SSSR count). The van der Waals surface area contributed by atoms with E-state index in [1.54, 1.807) is 36.4 Å². The Bertz CT molecular complexity index is 2470. The van der Waals surface area contributed by atoms with Crippen molar-refractivity contribution >= 4 is 47.0 Å². The van der Waals surface area contributed by atoms with E-state index >= 15 is 0 Å². The van der Waals surface area contributed by atoms with Crippen LogP contribution in [0.3, 0.4) is 0 Å². The largest absolute Gasteiger partial charge is 0.508 e. The molecule has 4 aromatic carbocycles. The molecule has 0 bridgehead atoms. The molecule has 60 heavy (non-hydrogen) atoms. The molecule has 3 aliphatic rings. The number of ether oxygens (including phenoxy) is 5. The molecular weight excluding hydrogens is 811 g/mol. The van der Waals surface area contributed by atoms with E-state index < -0.39 is 11.2 Å². The van der Waals surface area contributed by atoms with E-state index in [9.17, 15) is 19.8 Å². The zero-order valence-electron chi connectivity index (χ0n) is 34.1. The van der Waals surface area contributed by atoms with Crippen molar-refractivity contribution in [1.29, 1.82) is 0 Å². The lowest BCUT2D eigenvalue weighted by molar-refractivity contribution is -0.135. The van der Waals surface area contributed by atoms with E-state index in [1.807, 2.05) is 56.9 Å². The Hall–Kier alpha value is -5.82. The molecule has 14 heteroatoms. The fraction of sp³-hybridized carbons (Fsp3) is 0.304. The minimum Gasteiger partial charge on any atom is -0.508 e. The van der Waals surface area contributed by atoms with Gasteiger partial charge in [-0.05, 0) is 106 Å². The van der Waals surface area contributed by atoms with E-state index in [2.05, 4.69) is 17.0 Å². The molecule has 0 atom stereocenters. The van der Waals surface area contributed by atoms with Gasteiger partial charge in [0, 0.05) is 43.3 Å². The predicted molar refractivity (Wildman–Crippen MR) is 233 cm³/mol. The molecule has 1 aromatic heterocycles. The number of phenols is 1. The lowest BCUT2D eigenvalue weighted by Crippen LogP contribution is -2.49. The van der Waals surface area contributed by atoms with Gasteiger partial charge in [-0.3, -0.25) is 9.69 Å². The number of nitrogens with zero attached hydrogens (tertiary/aromatic N) is 2. The maximum absolute atomic E-state index is 12.9. The number of benzene rings is 4. The number of carbonyl (C=O) groups is 1. The monoisotopic (exact) mass is 858 g/mol. The zero-order valence-corrected chi connectivity index (χ0v) is 35.7. The summed E-state index contributed by atoms with van der Waals surface area (Å²) >= 11 is 5.85. The first kappa shape index (κ1) is 43.8. The van der Waals surface area contributed by atoms with Crippen LogP contribution in [0.5, 0.6) is 40.2 Å². The van der Waals surface area contributed by atoms with Crippen molar-refractivity contribution in [3.8, 4) is 51.4 Å². The molecule has 2 N–H and O–H groups in total. The standard InChI is InChI=1S/C26H26O6.C20H21ClN2O4.ClH/c1-14(2)6-11-17-22-18(12-13-26(3,4)32-22)24-20(23(17)30-5)21(28)19(25(29)31-24)15-7-9-16(27)10-8-15;21-16-2-4-17(5-3-16)25-13-20(24)23-9-7-22(8-10-23)12-15-1-6-18-19(11-15)27-14-26-18;/h6-10,12-13,27-28H,11H2,1-5H3;1-6,11H,7-10,12-14H2;1H. The summed E-state index contributed by atoms with van der Waals surface area (Å²) in [6.45, 7) is 12.1. The van der Waals surface area contributed by atoms with Gasteiger partial charge in [0.15, 0.2) is 23.7 Å². The third kappa shape index (κ3) is 9.79. The number of methoxy groups -OCH3 is 1. The summed E-state index contributed by atoms with van der Waals surface area (Å²) < 4.78 is 34.1. The van der Waals surface area contributed by atoms with E-state index in [-0.39, 0.29) is 54.4 Å². The number of rotatable bonds is 9. The van der Waals surface area contributed by atoms with Crippen molar-refractivity contribution in [3.63, 3.8) is 0 Å². The highest BCUT2D eigenvalue weighted by molar-refractivity contribution is 6.30. The number of allylic oxidation sites excluding steroid dienone is 2. The Morgan fingerprint density at radius 1 is 0.950 bits per heavy atom. The minimum absolute atomic E-state index is 0. The highest BCUT2D eigenvalue weighted by Crippen LogP contribution is 2.49. The topological polar surface area (TPSA) is 140 Å². The summed E-state index contributed by atoms with van der Waals surface area (Å²) in [4.78, 5) is 29.5. The van der Waals surface area contributed by atoms with Gasteiger partial charge in [0.1, 0.15) is 45.3 Å². The molecule has 12 nitrogen and oxygen atoms in total. The number of aromatic hydroxyl groups is 2. The first-order valence-corrected chi connectivity index (χ1v) is 19.7. The van der Waals surface area contributed by atoms with Gasteiger partial charge >= 0.3 is 5.63 Å². The van der Waals surface area contributed by atoms with Crippen LogP contribution in [-0.4, -0.2) is 78.2 Å². The van der Waals surface area contributed by atoms with Crippen molar-refractivity contribution in [1.82, 2.24) is 9.80 Å². The Kier molecular flexibility index (Phi) is 13.6. The molecule has 3 aliphatic heterocycles. The van der Waals surface area contributed by atoms with Gasteiger partial charge in [-0.1, -0.05) is 41.4 Å². The van der Waals surface area contributed by atoms with Crippen LogP contribution in [0, 0.1) is 0 Å². The second-order valence-corrected chi connectivity index (χ2v) is 15.7. The number of hydrogen-bond acceptors (Lipinski definition) is 11. The van der Waals surface area contributed by atoms with Crippen LogP contribution in [0.2, 0.25) is 5.02 Å². The van der Waals surface area contributed by atoms with Gasteiger partial charge in [-0.25, -0.2) is 4.79 Å². The van der Waals surface area contributed by atoms with Gasteiger partial charge in [-0.2, -0.15) is 0 Å². The van der Waals surface area contributed by atoms with E-state index in [0.29, 0.717) is 58.3 Å². The van der Waals surface area contributed by atoms with Crippen LogP contribution in [0.25, 0.3) is 28.2 Å². The average molecular weight is 860 g/mol. The van der Waals surface area contributed by atoms with Gasteiger partial charge in [0.05, 0.1) is 12.7 Å². The molecule has 0 radical (unpaired) electrons. The minimum atomic E-state index is -0.694. The number of amides is 1. The fourth-order valence-electron chi connectivity index (χ4n) is 7.11. The summed E-state index contributed by atoms with van der Waals surface area (Å²) in [5.74, 6) is 3.04. The molecule has 0 spiro atoms. The predicted octanol–water partition coefficient (Wildman–Crippen LogP) is 8.79. The van der Waals surface area contributed by atoms with Crippen LogP contribution < -0.4 is 29.3 Å². The molecule has 5 aromatic rings. The Morgan fingerprint density at radius 3 is 2.33 bits per heavy atom. The second-order valence-electron chi connectivity index (χ2n) is 15.2. The normalized spacial score (nSPS) is 14.9. The smallest absolute Gasteiger partial charge is 0.348 e. The van der Waals surface area contributed by atoms with E-state index in [1.165, 1.54) is 24.8 Å². The first-order chi connectivity index (χ1) is 28.3. The number of halogens is 2. The van der Waals surface area contributed by atoms with Crippen LogP contribution in [0.15, 0.2) is 93.7 Å². The third-order valence-electron chi connectivity index (χ3n) is 10.2. The lowest BCUT2D eigenvalue weighted by atomic mass is 9.93. The van der Waals surface area contributed by atoms with Gasteiger partial charge < -0.3 is 43.2 Å². The van der Waals surface area contributed by atoms with Crippen molar-refractivity contribution in [3.05, 3.63) is 117 Å². The number of carbonyl (C=O) groups excluding carboxylic acids is 1. The third-order valence-corrected chi connectivity index (χ3v) is 10.5. The summed E-state index contributed by atoms with van der Waals surface area (Å²) in [5, 5.41) is 21.8. The molecule has 0 unspecified atom stereocenters. The lowest BCUT2D eigenvalue weighted by Gasteiger charge is -2.34. The van der Waals surface area contributed by atoms with Crippen LogP contribution in [0.4, 0.5) is 0 Å². The molecule has 4 heterocycles. The average Bonchev–Trinajstić information content (AvgIpc) is 3.68. The molecule has 316 valence electrons. The number of fused-ring (bicyclic) bond motifs is 4. The first-order valence-electron chi connectivity index (χ1n) is 19.3. The number of piperazine rings is 1. The fourth-order valence-corrected chi connectivity index (χ4v) is 7.24. The van der Waals surface area contributed by atoms with Gasteiger partial charge in [0.2, 0.25) is 6.79 Å². The highest BCUT2D eigenvalue weighted by atomic mass is 35.5. The Morgan fingerprint density at radius 2 is 1.65 bits per heavy atom. The summed E-state index contributed by atoms with van der Waals surface area (Å²) in [6, 6.07) is 19.0. The van der Waals surface area contributed by atoms with Crippen LogP contribution in [0.1, 0.15) is 44.4 Å². The molecule has 0 saturated carbocycles. The quantitative estimate of drug-likeness (QED) is 0.109. The molecule has 1 fully saturated rings. The molecule has 1 saturated heterocycles. The highest BCUT2D eigenvalue weighted by Gasteiger charge is 2.32. The molecular formula is C46H48Cl2N2O10. The Labute approximate surface area is 359 Å². The van der Waals surface area contributed by atoms with Crippen molar-refractivity contribution in [2.24, 2.45) is 0 Å². The van der Waals surface area contributed by atoms with E-state index in [4.69, 9.17) is 39.7 Å². The van der Waals surface area contributed by atoms with Gasteiger partial charge in [-0.15, -0.1) is 12.4 Å². The van der Waals surface area contributed by atoms with Crippen molar-refractivity contribution in [2.75, 3.05) is 46.7 Å². The maximum atomic E-state index is 12.9. The SMILES string of the molecule is COc1c(CC=C(C)C)c2c(c3oc(=O)c(-c4ccc(O)cc4)c(O)c13)C=CC(C)(C)O2.Cl.O=C(COc1ccc(Cl)cc1)N1CCN(Cc2ccc3c(c2)OCO3)CC1. The van der Waals surface area contributed by atoms with E-state index in [0.717, 1.165) is 42.3 Å². The van der Waals surface area contributed by atoms with Crippen molar-refractivity contribution in [2.45, 2.75) is 46.3 Å². The maximum Gasteiger partial charge on any atom is 0.348 e. The second kappa shape index (κ2) is 18.6. The zero-order chi connectivity index (χ0) is 41.8. The molecule has 1 amide bonds. The van der Waals surface area contributed by atoms with Crippen LogP contribution in [-0.2, 0) is 17.8 Å². The summed E-state index contributed by atoms with van der Waals surface area (Å²) in [5.41, 5.74) is 3.04. The molecule has 0 aliphatic carbocycles. The number of hydrogen-bond donors (Lipinski definition) is 2. The summed E-state index contributed by atoms with van der Waals surface area (Å²) in [6.07, 6.45) is 6.31. The number of phenolic OH excluding ortho intramolecular Hbond substituents is 1.